The molecule has 2 atom stereocenters. The number of carbonyl (C=O) groups is 1. The van der Waals surface area contributed by atoms with Crippen LogP contribution in [-0.2, 0) is 4.79 Å². The van der Waals surface area contributed by atoms with Gasteiger partial charge in [0, 0.05) is 11.0 Å². The fourth-order valence-electron chi connectivity index (χ4n) is 3.29. The highest BCUT2D eigenvalue weighted by molar-refractivity contribution is 6.05. The zero-order valence-corrected chi connectivity index (χ0v) is 9.98. The lowest BCUT2D eigenvalue weighted by atomic mass is 9.70. The molecule has 2 fully saturated rings. The minimum absolute atomic E-state index is 0.406. The number of aliphatic hydroxyl groups is 1. The van der Waals surface area contributed by atoms with Crippen molar-refractivity contribution in [1.29, 1.82) is 0 Å². The first kappa shape index (κ1) is 12.5. The Kier molecular flexibility index (Phi) is 2.24. The number of rotatable bonds is 0. The van der Waals surface area contributed by atoms with Crippen molar-refractivity contribution in [2.45, 2.75) is 39.8 Å². The Morgan fingerprint density at radius 3 is 2.24 bits per heavy atom. The van der Waals surface area contributed by atoms with E-state index in [0.29, 0.717) is 12.8 Å². The number of alkyl halides is 3. The van der Waals surface area contributed by atoms with Gasteiger partial charge in [0.15, 0.2) is 5.78 Å². The number of halogens is 3. The number of aliphatic hydroxyl groups excluding tert-OH is 1. The van der Waals surface area contributed by atoms with Crippen molar-refractivity contribution in [2.75, 3.05) is 0 Å². The van der Waals surface area contributed by atoms with Crippen molar-refractivity contribution in [3.63, 3.8) is 0 Å². The lowest BCUT2D eigenvalue weighted by molar-refractivity contribution is -0.131. The van der Waals surface area contributed by atoms with Crippen LogP contribution in [0.25, 0.3) is 0 Å². The van der Waals surface area contributed by atoms with Crippen LogP contribution in [0.1, 0.15) is 33.6 Å². The normalized spacial score (nSPS) is 38.7. The minimum atomic E-state index is -4.83. The van der Waals surface area contributed by atoms with Crippen LogP contribution < -0.4 is 0 Å². The molecule has 2 nitrogen and oxygen atoms in total. The summed E-state index contributed by atoms with van der Waals surface area (Å²) in [6, 6.07) is 0. The molecule has 0 amide bonds. The molecule has 5 heteroatoms. The lowest BCUT2D eigenvalue weighted by Crippen LogP contribution is -2.32. The third-order valence-electron chi connectivity index (χ3n) is 4.84. The molecule has 2 unspecified atom stereocenters. The van der Waals surface area contributed by atoms with E-state index >= 15 is 0 Å². The summed E-state index contributed by atoms with van der Waals surface area (Å²) in [5.74, 6) is -2.71. The smallest absolute Gasteiger partial charge is 0.449 e. The highest BCUT2D eigenvalue weighted by Gasteiger charge is 2.66. The van der Waals surface area contributed by atoms with Gasteiger partial charge in [-0.05, 0) is 24.2 Å². The van der Waals surface area contributed by atoms with Gasteiger partial charge in [0.2, 0.25) is 5.76 Å². The Balaban J connectivity index is 2.60. The first-order chi connectivity index (χ1) is 7.53. The van der Waals surface area contributed by atoms with E-state index in [9.17, 15) is 23.1 Å². The number of Topliss-reactive ketones (excluding diaryl/α,β-unsaturated/α-hetero) is 1. The fourth-order valence-corrected chi connectivity index (χ4v) is 3.29. The van der Waals surface area contributed by atoms with E-state index in [1.807, 2.05) is 0 Å². The molecule has 17 heavy (non-hydrogen) atoms. The van der Waals surface area contributed by atoms with Gasteiger partial charge in [-0.15, -0.1) is 0 Å². The topological polar surface area (TPSA) is 37.3 Å². The maximum atomic E-state index is 12.5. The van der Waals surface area contributed by atoms with Gasteiger partial charge in [-0.2, -0.15) is 13.2 Å². The Hall–Kier alpha value is -1.00. The van der Waals surface area contributed by atoms with E-state index in [4.69, 9.17) is 0 Å². The first-order valence-corrected chi connectivity index (χ1v) is 5.58. The number of allylic oxidation sites excluding steroid dienone is 2. The molecule has 0 saturated heterocycles. The van der Waals surface area contributed by atoms with Crippen molar-refractivity contribution < 1.29 is 23.1 Å². The molecule has 0 spiro atoms. The van der Waals surface area contributed by atoms with Crippen molar-refractivity contribution in [1.82, 2.24) is 0 Å². The van der Waals surface area contributed by atoms with Crippen LogP contribution >= 0.6 is 0 Å². The van der Waals surface area contributed by atoms with Gasteiger partial charge in [-0.25, -0.2) is 0 Å². The number of fused-ring (bicyclic) bond motifs is 2. The van der Waals surface area contributed by atoms with Gasteiger partial charge < -0.3 is 5.11 Å². The summed E-state index contributed by atoms with van der Waals surface area (Å²) in [5, 5.41) is 9.26. The molecule has 2 rings (SSSR count). The number of hydrogen-bond donors (Lipinski definition) is 1. The van der Waals surface area contributed by atoms with E-state index in [0.717, 1.165) is 0 Å². The van der Waals surface area contributed by atoms with E-state index in [1.165, 1.54) is 0 Å². The summed E-state index contributed by atoms with van der Waals surface area (Å²) in [7, 11) is 0. The molecule has 0 radical (unpaired) electrons. The van der Waals surface area contributed by atoms with Gasteiger partial charge in [0.05, 0.1) is 0 Å². The molecule has 0 aromatic rings. The van der Waals surface area contributed by atoms with Crippen LogP contribution in [0, 0.1) is 16.7 Å². The standard InChI is InChI=1S/C12H15F3O2/c1-10(2)6-4-5-11(10,3)8(16)7(6)9(17)12(13,14)15/h6,17H,4-5H2,1-3H3. The zero-order valence-electron chi connectivity index (χ0n) is 9.98. The predicted molar refractivity (Wildman–Crippen MR) is 55.3 cm³/mol. The van der Waals surface area contributed by atoms with Crippen LogP contribution in [0.5, 0.6) is 0 Å². The molecule has 2 saturated carbocycles. The van der Waals surface area contributed by atoms with E-state index in [-0.39, 0.29) is 0 Å². The summed E-state index contributed by atoms with van der Waals surface area (Å²) in [4.78, 5) is 12.1. The summed E-state index contributed by atoms with van der Waals surface area (Å²) in [5.41, 5.74) is -1.69. The molecule has 0 aromatic heterocycles. The molecule has 2 bridgehead atoms. The number of carbonyl (C=O) groups excluding carboxylic acids is 1. The van der Waals surface area contributed by atoms with Crippen molar-refractivity contribution >= 4 is 5.78 Å². The van der Waals surface area contributed by atoms with Crippen LogP contribution in [-0.4, -0.2) is 17.1 Å². The molecule has 0 aliphatic heterocycles. The molecule has 0 heterocycles. The molecule has 2 aliphatic rings. The molecule has 96 valence electrons. The summed E-state index contributed by atoms with van der Waals surface area (Å²) in [6.45, 7) is 5.31. The second-order valence-electron chi connectivity index (χ2n) is 5.73. The molecular formula is C12H15F3O2. The predicted octanol–water partition coefficient (Wildman–Crippen LogP) is 3.39. The average molecular weight is 248 g/mol. The highest BCUT2D eigenvalue weighted by Crippen LogP contribution is 2.66. The Morgan fingerprint density at radius 2 is 1.88 bits per heavy atom. The summed E-state index contributed by atoms with van der Waals surface area (Å²) >= 11 is 0. The van der Waals surface area contributed by atoms with Crippen LogP contribution in [0.4, 0.5) is 13.2 Å². The van der Waals surface area contributed by atoms with Crippen molar-refractivity contribution in [2.24, 2.45) is 16.7 Å². The van der Waals surface area contributed by atoms with Gasteiger partial charge in [0.25, 0.3) is 0 Å². The molecule has 2 aliphatic carbocycles. The maximum Gasteiger partial charge on any atom is 0.449 e. The second kappa shape index (κ2) is 3.06. The molecular weight excluding hydrogens is 233 g/mol. The van der Waals surface area contributed by atoms with Gasteiger partial charge in [-0.1, -0.05) is 20.8 Å². The van der Waals surface area contributed by atoms with Gasteiger partial charge in [0.1, 0.15) is 0 Å². The van der Waals surface area contributed by atoms with Crippen molar-refractivity contribution in [3.05, 3.63) is 11.3 Å². The van der Waals surface area contributed by atoms with Crippen LogP contribution in [0.15, 0.2) is 11.3 Å². The van der Waals surface area contributed by atoms with Gasteiger partial charge >= 0.3 is 6.18 Å². The maximum absolute atomic E-state index is 12.5. The Labute approximate surface area is 97.5 Å². The SMILES string of the molecule is CC12CCC(C(=C(O)C(F)(F)F)C1=O)C2(C)C. The Morgan fingerprint density at radius 1 is 1.35 bits per heavy atom. The van der Waals surface area contributed by atoms with E-state index in [1.54, 1.807) is 20.8 Å². The molecule has 0 aromatic carbocycles. The summed E-state index contributed by atoms with van der Waals surface area (Å²) in [6.07, 6.45) is -3.70. The zero-order chi connectivity index (χ0) is 13.2. The third-order valence-corrected chi connectivity index (χ3v) is 4.84. The fraction of sp³-hybridized carbons (Fsp3) is 0.750. The summed E-state index contributed by atoms with van der Waals surface area (Å²) < 4.78 is 37.5. The first-order valence-electron chi connectivity index (χ1n) is 5.58. The third kappa shape index (κ3) is 1.31. The second-order valence-corrected chi connectivity index (χ2v) is 5.73. The Bertz CT molecular complexity index is 420. The number of hydrogen-bond acceptors (Lipinski definition) is 2. The van der Waals surface area contributed by atoms with Gasteiger partial charge in [-0.3, -0.25) is 4.79 Å². The largest absolute Gasteiger partial charge is 0.504 e. The quantitative estimate of drug-likeness (QED) is 0.527. The van der Waals surface area contributed by atoms with Crippen LogP contribution in [0.2, 0.25) is 0 Å². The average Bonchev–Trinajstić information content (AvgIpc) is 2.47. The van der Waals surface area contributed by atoms with Crippen molar-refractivity contribution in [3.8, 4) is 0 Å². The minimum Gasteiger partial charge on any atom is -0.504 e. The highest BCUT2D eigenvalue weighted by atomic mass is 19.4. The lowest BCUT2D eigenvalue weighted by Gasteiger charge is -2.31. The van der Waals surface area contributed by atoms with Crippen LogP contribution in [0.3, 0.4) is 0 Å². The molecule has 1 N–H and O–H groups in total. The van der Waals surface area contributed by atoms with E-state index in [2.05, 4.69) is 0 Å². The monoisotopic (exact) mass is 248 g/mol. The number of ketones is 1. The van der Waals surface area contributed by atoms with E-state index < -0.39 is 40.0 Å².